The Morgan fingerprint density at radius 2 is 2.22 bits per heavy atom. The monoisotopic (exact) mass is 392 g/mol. The fraction of sp³-hybridized carbons (Fsp3) is 0.500. The molecular formula is C20H29ClN4O2. The molecule has 0 aliphatic carbocycles. The minimum atomic E-state index is -0.240. The van der Waals surface area contributed by atoms with Crippen LogP contribution in [0.2, 0.25) is 0 Å². The molecule has 1 aromatic heterocycles. The van der Waals surface area contributed by atoms with E-state index in [-0.39, 0.29) is 23.9 Å². The number of carbonyl (C=O) groups excluding carboxylic acids is 2. The van der Waals surface area contributed by atoms with Gasteiger partial charge in [-0.25, -0.2) is 4.79 Å². The molecule has 0 radical (unpaired) electrons. The Balaban J connectivity index is 1.88. The number of amides is 3. The molecule has 1 aliphatic rings. The summed E-state index contributed by atoms with van der Waals surface area (Å²) in [5.41, 5.74) is 0.849. The van der Waals surface area contributed by atoms with Gasteiger partial charge in [0.05, 0.1) is 6.54 Å². The fourth-order valence-corrected chi connectivity index (χ4v) is 3.22. The van der Waals surface area contributed by atoms with Crippen LogP contribution in [0.1, 0.15) is 39.3 Å². The molecule has 0 spiro atoms. The first-order valence-corrected chi connectivity index (χ1v) is 9.71. The lowest BCUT2D eigenvalue weighted by Crippen LogP contribution is -2.52. The third kappa shape index (κ3) is 6.17. The fourth-order valence-electron chi connectivity index (χ4n) is 3.10. The normalized spacial score (nSPS) is 18.7. The molecule has 6 nitrogen and oxygen atoms in total. The van der Waals surface area contributed by atoms with E-state index in [1.54, 1.807) is 6.08 Å². The van der Waals surface area contributed by atoms with Gasteiger partial charge in [-0.1, -0.05) is 38.1 Å². The summed E-state index contributed by atoms with van der Waals surface area (Å²) < 4.78 is 0. The van der Waals surface area contributed by atoms with Crippen molar-refractivity contribution in [2.75, 3.05) is 13.1 Å². The van der Waals surface area contributed by atoms with Gasteiger partial charge in [0.2, 0.25) is 5.91 Å². The average Bonchev–Trinajstić information content (AvgIpc) is 2.98. The molecule has 0 saturated carbocycles. The second kappa shape index (κ2) is 9.65. The van der Waals surface area contributed by atoms with E-state index in [0.29, 0.717) is 18.1 Å². The molecule has 3 N–H and O–H groups in total. The molecule has 7 heteroatoms. The van der Waals surface area contributed by atoms with E-state index >= 15 is 0 Å². The second-order valence-corrected chi connectivity index (χ2v) is 7.59. The molecule has 148 valence electrons. The zero-order valence-electron chi connectivity index (χ0n) is 16.3. The Labute approximate surface area is 165 Å². The summed E-state index contributed by atoms with van der Waals surface area (Å²) >= 11 is 6.03. The van der Waals surface area contributed by atoms with Crippen LogP contribution in [0.25, 0.3) is 12.7 Å². The third-order valence-corrected chi connectivity index (χ3v) is 4.89. The van der Waals surface area contributed by atoms with E-state index in [1.165, 1.54) is 0 Å². The predicted octanol–water partition coefficient (Wildman–Crippen LogP) is 1.79. The number of urea groups is 1. The number of aromatic amines is 1. The molecule has 3 amide bonds. The Kier molecular flexibility index (Phi) is 7.54. The van der Waals surface area contributed by atoms with Gasteiger partial charge in [0, 0.05) is 46.3 Å². The van der Waals surface area contributed by atoms with Gasteiger partial charge in [0.15, 0.2) is 0 Å². The van der Waals surface area contributed by atoms with E-state index < -0.39 is 0 Å². The molecule has 1 fully saturated rings. The number of carbonyl (C=O) groups is 2. The maximum absolute atomic E-state index is 12.2. The highest BCUT2D eigenvalue weighted by atomic mass is 35.5. The van der Waals surface area contributed by atoms with Gasteiger partial charge >= 0.3 is 6.03 Å². The first-order valence-electron chi connectivity index (χ1n) is 9.33. The summed E-state index contributed by atoms with van der Waals surface area (Å²) in [6.45, 7) is 11.3. The van der Waals surface area contributed by atoms with Crippen LogP contribution in [-0.2, 0) is 11.3 Å². The summed E-state index contributed by atoms with van der Waals surface area (Å²) in [5, 5.41) is 8.09. The van der Waals surface area contributed by atoms with Gasteiger partial charge in [-0.15, -0.1) is 0 Å². The van der Waals surface area contributed by atoms with Crippen molar-refractivity contribution in [3.63, 3.8) is 0 Å². The molecule has 2 heterocycles. The van der Waals surface area contributed by atoms with Gasteiger partial charge in [-0.2, -0.15) is 0 Å². The Bertz CT molecular complexity index is 812. The van der Waals surface area contributed by atoms with Gasteiger partial charge in [-0.3, -0.25) is 4.79 Å². The zero-order chi connectivity index (χ0) is 20.0. The van der Waals surface area contributed by atoms with Crippen LogP contribution in [0.15, 0.2) is 17.2 Å². The van der Waals surface area contributed by atoms with E-state index in [4.69, 9.17) is 11.6 Å². The number of nitrogens with one attached hydrogen (secondary N) is 3. The van der Waals surface area contributed by atoms with Crippen LogP contribution < -0.4 is 21.2 Å². The van der Waals surface area contributed by atoms with Crippen LogP contribution in [0.4, 0.5) is 4.79 Å². The minimum absolute atomic E-state index is 0.0223. The van der Waals surface area contributed by atoms with Crippen LogP contribution >= 0.6 is 11.6 Å². The number of hydrogen-bond acceptors (Lipinski definition) is 2. The summed E-state index contributed by atoms with van der Waals surface area (Å²) in [6.07, 6.45) is 5.40. The van der Waals surface area contributed by atoms with Gasteiger partial charge < -0.3 is 20.5 Å². The number of likely N-dealkylation sites (tertiary alicyclic amines) is 1. The summed E-state index contributed by atoms with van der Waals surface area (Å²) in [4.78, 5) is 29.3. The summed E-state index contributed by atoms with van der Waals surface area (Å²) in [6, 6.07) is 1.65. The van der Waals surface area contributed by atoms with E-state index in [1.807, 2.05) is 37.8 Å². The van der Waals surface area contributed by atoms with Crippen molar-refractivity contribution in [2.24, 2.45) is 5.92 Å². The molecular weight excluding hydrogens is 364 g/mol. The number of allylic oxidation sites excluding steroid dienone is 2. The number of nitrogens with zero attached hydrogens (tertiary/aromatic N) is 1. The number of H-pyrrole nitrogens is 1. The van der Waals surface area contributed by atoms with Crippen molar-refractivity contribution in [1.82, 2.24) is 20.5 Å². The summed E-state index contributed by atoms with van der Waals surface area (Å²) in [5.74, 6) is 0.115. The Hall–Kier alpha value is -2.21. The quantitative estimate of drug-likeness (QED) is 0.714. The lowest BCUT2D eigenvalue weighted by atomic mass is 10.0. The van der Waals surface area contributed by atoms with Crippen molar-refractivity contribution in [3.05, 3.63) is 33.4 Å². The van der Waals surface area contributed by atoms with Gasteiger partial charge in [0.1, 0.15) is 0 Å². The zero-order valence-corrected chi connectivity index (χ0v) is 17.0. The van der Waals surface area contributed by atoms with E-state index in [2.05, 4.69) is 22.2 Å². The van der Waals surface area contributed by atoms with Gasteiger partial charge in [-0.05, 0) is 31.9 Å². The largest absolute Gasteiger partial charge is 0.357 e. The van der Waals surface area contributed by atoms with Crippen molar-refractivity contribution in [1.29, 1.82) is 0 Å². The smallest absolute Gasteiger partial charge is 0.315 e. The van der Waals surface area contributed by atoms with Crippen molar-refractivity contribution < 1.29 is 9.59 Å². The van der Waals surface area contributed by atoms with Crippen LogP contribution in [0, 0.1) is 5.92 Å². The SMILES string of the molecule is C=c1[nH]c(CNC(=O)N[C@@H]2CCCN(C(=O)C(C)C)C2)c/c1=C/C(Cl)=C\C. The average molecular weight is 393 g/mol. The highest BCUT2D eigenvalue weighted by Gasteiger charge is 2.25. The molecule has 0 bridgehead atoms. The second-order valence-electron chi connectivity index (χ2n) is 7.15. The van der Waals surface area contributed by atoms with Crippen LogP contribution in [0.3, 0.4) is 0 Å². The minimum Gasteiger partial charge on any atom is -0.357 e. The lowest BCUT2D eigenvalue weighted by Gasteiger charge is -2.34. The van der Waals surface area contributed by atoms with E-state index in [9.17, 15) is 9.59 Å². The maximum atomic E-state index is 12.2. The molecule has 1 aliphatic heterocycles. The molecule has 1 aromatic rings. The predicted molar refractivity (Wildman–Crippen MR) is 109 cm³/mol. The first-order chi connectivity index (χ1) is 12.8. The van der Waals surface area contributed by atoms with E-state index in [0.717, 1.165) is 35.6 Å². The van der Waals surface area contributed by atoms with Crippen LogP contribution in [0.5, 0.6) is 0 Å². The molecule has 0 unspecified atom stereocenters. The van der Waals surface area contributed by atoms with Crippen LogP contribution in [-0.4, -0.2) is 41.0 Å². The number of rotatable bonds is 5. The van der Waals surface area contributed by atoms with Gasteiger partial charge in [0.25, 0.3) is 0 Å². The number of halogens is 1. The molecule has 1 saturated heterocycles. The third-order valence-electron chi connectivity index (χ3n) is 4.56. The molecule has 0 aromatic carbocycles. The topological polar surface area (TPSA) is 77.2 Å². The molecule has 1 atom stereocenters. The number of piperidine rings is 1. The highest BCUT2D eigenvalue weighted by molar-refractivity contribution is 6.33. The first kappa shape index (κ1) is 21.1. The highest BCUT2D eigenvalue weighted by Crippen LogP contribution is 2.13. The lowest BCUT2D eigenvalue weighted by molar-refractivity contribution is -0.135. The van der Waals surface area contributed by atoms with Crippen molar-refractivity contribution in [2.45, 2.75) is 46.2 Å². The number of aromatic nitrogens is 1. The maximum Gasteiger partial charge on any atom is 0.315 e. The number of hydrogen-bond donors (Lipinski definition) is 3. The molecule has 2 rings (SSSR count). The standard InChI is InChI=1S/C20H29ClN4O2/c1-5-16(21)9-15-10-18(23-14(15)4)11-22-20(27)24-17-7-6-8-25(12-17)19(26)13(2)3/h5,9-10,13,17,23H,4,6-8,11-12H2,1-3H3,(H2,22,24,27)/b15-9-,16-5+/t17-/m1/s1. The molecule has 27 heavy (non-hydrogen) atoms. The van der Waals surface area contributed by atoms with Crippen molar-refractivity contribution >= 4 is 36.2 Å². The Morgan fingerprint density at radius 1 is 1.48 bits per heavy atom. The Morgan fingerprint density at radius 3 is 2.89 bits per heavy atom. The summed E-state index contributed by atoms with van der Waals surface area (Å²) in [7, 11) is 0. The van der Waals surface area contributed by atoms with Crippen molar-refractivity contribution in [3.8, 4) is 0 Å².